The SMILES string of the molecule is COC(O)(SO)c1cccc2oc(-c3ccccc3)cc(=O)c12. The zero-order valence-corrected chi connectivity index (χ0v) is 13.0. The van der Waals surface area contributed by atoms with Gasteiger partial charge >= 0.3 is 0 Å². The number of methoxy groups -OCH3 is 1. The van der Waals surface area contributed by atoms with Crippen molar-refractivity contribution < 1.29 is 18.8 Å². The third-order valence-corrected chi connectivity index (χ3v) is 4.19. The molecular weight excluding hydrogens is 316 g/mol. The van der Waals surface area contributed by atoms with Crippen molar-refractivity contribution in [3.05, 3.63) is 70.4 Å². The van der Waals surface area contributed by atoms with Gasteiger partial charge in [0.25, 0.3) is 5.12 Å². The molecule has 2 aromatic carbocycles. The highest BCUT2D eigenvalue weighted by molar-refractivity contribution is 7.94. The molecule has 0 fully saturated rings. The maximum Gasteiger partial charge on any atom is 0.269 e. The summed E-state index contributed by atoms with van der Waals surface area (Å²) in [5, 5.41) is 8.44. The fourth-order valence-corrected chi connectivity index (χ4v) is 2.76. The molecule has 3 rings (SSSR count). The van der Waals surface area contributed by atoms with Gasteiger partial charge in [0.05, 0.1) is 17.4 Å². The van der Waals surface area contributed by atoms with Gasteiger partial charge in [-0.3, -0.25) is 4.79 Å². The minimum Gasteiger partial charge on any atom is -0.456 e. The van der Waals surface area contributed by atoms with Gasteiger partial charge in [-0.2, -0.15) is 0 Å². The van der Waals surface area contributed by atoms with Crippen molar-refractivity contribution in [3.8, 4) is 11.3 Å². The van der Waals surface area contributed by atoms with Crippen LogP contribution in [0.4, 0.5) is 0 Å². The second kappa shape index (κ2) is 6.17. The maximum atomic E-state index is 12.6. The summed E-state index contributed by atoms with van der Waals surface area (Å²) in [6.07, 6.45) is 0. The lowest BCUT2D eigenvalue weighted by Gasteiger charge is -2.23. The van der Waals surface area contributed by atoms with Crippen molar-refractivity contribution in [1.82, 2.24) is 0 Å². The van der Waals surface area contributed by atoms with Crippen molar-refractivity contribution >= 4 is 23.0 Å². The molecule has 0 amide bonds. The standard InChI is InChI=1S/C17H14O5S/c1-21-17(19,23-20)12-8-5-9-14-16(12)13(18)10-15(22-14)11-6-3-2-4-7-11/h2-10,19-20H,1H3. The van der Waals surface area contributed by atoms with Gasteiger partial charge in [-0.1, -0.05) is 42.5 Å². The van der Waals surface area contributed by atoms with E-state index in [1.54, 1.807) is 12.1 Å². The van der Waals surface area contributed by atoms with Gasteiger partial charge in [0.2, 0.25) is 0 Å². The summed E-state index contributed by atoms with van der Waals surface area (Å²) in [5.74, 6) is 0.429. The number of hydrogen-bond donors (Lipinski definition) is 2. The van der Waals surface area contributed by atoms with E-state index < -0.39 is 5.12 Å². The molecule has 0 saturated carbocycles. The Morgan fingerprint density at radius 3 is 2.52 bits per heavy atom. The van der Waals surface area contributed by atoms with Crippen LogP contribution in [-0.4, -0.2) is 16.8 Å². The number of hydrogen-bond acceptors (Lipinski definition) is 6. The van der Waals surface area contributed by atoms with E-state index in [1.165, 1.54) is 19.2 Å². The van der Waals surface area contributed by atoms with E-state index in [1.807, 2.05) is 30.3 Å². The Morgan fingerprint density at radius 2 is 1.87 bits per heavy atom. The second-order valence-corrected chi connectivity index (χ2v) is 5.63. The van der Waals surface area contributed by atoms with Crippen molar-refractivity contribution in [2.24, 2.45) is 0 Å². The third kappa shape index (κ3) is 2.77. The number of benzene rings is 2. The Kier molecular flexibility index (Phi) is 4.23. The highest BCUT2D eigenvalue weighted by Gasteiger charge is 2.33. The quantitative estimate of drug-likeness (QED) is 0.564. The average molecular weight is 330 g/mol. The Hall–Kier alpha value is -2.12. The normalized spacial score (nSPS) is 13.9. The van der Waals surface area contributed by atoms with E-state index in [9.17, 15) is 14.5 Å². The summed E-state index contributed by atoms with van der Waals surface area (Å²) in [4.78, 5) is 12.6. The van der Waals surface area contributed by atoms with E-state index in [2.05, 4.69) is 0 Å². The van der Waals surface area contributed by atoms with Gasteiger partial charge in [0.1, 0.15) is 11.3 Å². The lowest BCUT2D eigenvalue weighted by molar-refractivity contribution is -0.116. The van der Waals surface area contributed by atoms with Crippen molar-refractivity contribution in [2.45, 2.75) is 5.12 Å². The van der Waals surface area contributed by atoms with E-state index in [0.29, 0.717) is 11.3 Å². The molecule has 5 nitrogen and oxygen atoms in total. The van der Waals surface area contributed by atoms with Crippen LogP contribution >= 0.6 is 12.0 Å². The second-order valence-electron chi connectivity index (χ2n) is 4.90. The molecule has 0 aliphatic rings. The first-order valence-electron chi connectivity index (χ1n) is 6.82. The summed E-state index contributed by atoms with van der Waals surface area (Å²) in [5.41, 5.74) is 0.886. The average Bonchev–Trinajstić information content (AvgIpc) is 2.61. The molecule has 1 atom stereocenters. The number of rotatable bonds is 4. The smallest absolute Gasteiger partial charge is 0.269 e. The van der Waals surface area contributed by atoms with E-state index in [0.717, 1.165) is 5.56 Å². The van der Waals surface area contributed by atoms with Crippen LogP contribution in [0.5, 0.6) is 0 Å². The lowest BCUT2D eigenvalue weighted by atomic mass is 10.1. The maximum absolute atomic E-state index is 12.6. The molecule has 23 heavy (non-hydrogen) atoms. The first-order chi connectivity index (χ1) is 11.1. The largest absolute Gasteiger partial charge is 0.456 e. The molecule has 0 spiro atoms. The van der Waals surface area contributed by atoms with Gasteiger partial charge in [0, 0.05) is 24.3 Å². The van der Waals surface area contributed by atoms with Gasteiger partial charge < -0.3 is 18.8 Å². The van der Waals surface area contributed by atoms with Crippen molar-refractivity contribution in [3.63, 3.8) is 0 Å². The zero-order chi connectivity index (χ0) is 16.4. The molecule has 1 heterocycles. The van der Waals surface area contributed by atoms with Gasteiger partial charge in [-0.05, 0) is 6.07 Å². The molecule has 1 unspecified atom stereocenters. The Bertz CT molecular complexity index is 884. The van der Waals surface area contributed by atoms with Crippen LogP contribution in [0, 0.1) is 0 Å². The van der Waals surface area contributed by atoms with E-state index >= 15 is 0 Å². The van der Waals surface area contributed by atoms with E-state index in [-0.39, 0.29) is 28.4 Å². The predicted molar refractivity (Wildman–Crippen MR) is 89.0 cm³/mol. The highest BCUT2D eigenvalue weighted by Crippen LogP contribution is 2.36. The monoisotopic (exact) mass is 330 g/mol. The summed E-state index contributed by atoms with van der Waals surface area (Å²) in [6, 6.07) is 15.4. The minimum absolute atomic E-state index is 0.102. The molecule has 0 aliphatic carbocycles. The molecule has 0 saturated heterocycles. The third-order valence-electron chi connectivity index (χ3n) is 3.55. The molecule has 118 valence electrons. The fraction of sp³-hybridized carbons (Fsp3) is 0.118. The van der Waals surface area contributed by atoms with Crippen LogP contribution in [0.15, 0.2) is 63.8 Å². The lowest BCUT2D eigenvalue weighted by Crippen LogP contribution is -2.25. The van der Waals surface area contributed by atoms with Crippen LogP contribution in [0.3, 0.4) is 0 Å². The van der Waals surface area contributed by atoms with Crippen LogP contribution < -0.4 is 5.43 Å². The molecular formula is C17H14O5S. The summed E-state index contributed by atoms with van der Waals surface area (Å²) < 4.78 is 20.1. The molecule has 0 bridgehead atoms. The Balaban J connectivity index is 2.28. The molecule has 3 aromatic rings. The fourth-order valence-electron chi connectivity index (χ4n) is 2.41. The van der Waals surface area contributed by atoms with E-state index in [4.69, 9.17) is 9.15 Å². The topological polar surface area (TPSA) is 79.9 Å². The Labute approximate surface area is 136 Å². The summed E-state index contributed by atoms with van der Waals surface area (Å²) >= 11 is 0.102. The summed E-state index contributed by atoms with van der Waals surface area (Å²) in [7, 11) is 1.24. The van der Waals surface area contributed by atoms with Gasteiger partial charge in [0.15, 0.2) is 5.43 Å². The molecule has 0 radical (unpaired) electrons. The number of fused-ring (bicyclic) bond motifs is 1. The summed E-state index contributed by atoms with van der Waals surface area (Å²) in [6.45, 7) is 0. The first-order valence-corrected chi connectivity index (χ1v) is 7.59. The van der Waals surface area contributed by atoms with Crippen molar-refractivity contribution in [1.29, 1.82) is 0 Å². The molecule has 6 heteroatoms. The van der Waals surface area contributed by atoms with Crippen molar-refractivity contribution in [2.75, 3.05) is 7.11 Å². The van der Waals surface area contributed by atoms with Crippen LogP contribution in [0.25, 0.3) is 22.3 Å². The first kappa shape index (κ1) is 15.8. The molecule has 2 N–H and O–H groups in total. The van der Waals surface area contributed by atoms with Gasteiger partial charge in [-0.25, -0.2) is 0 Å². The molecule has 1 aromatic heterocycles. The zero-order valence-electron chi connectivity index (χ0n) is 12.2. The minimum atomic E-state index is -2.04. The molecule has 0 aliphatic heterocycles. The van der Waals surface area contributed by atoms with Gasteiger partial charge in [-0.15, -0.1) is 0 Å². The number of aliphatic hydroxyl groups is 1. The highest BCUT2D eigenvalue weighted by atomic mass is 32.2. The predicted octanol–water partition coefficient (Wildman–Crippen LogP) is 3.42. The van der Waals surface area contributed by atoms with Crippen LogP contribution in [0.2, 0.25) is 0 Å². The Morgan fingerprint density at radius 1 is 1.13 bits per heavy atom. The number of ether oxygens (including phenoxy) is 1. The van der Waals surface area contributed by atoms with Crippen LogP contribution in [-0.2, 0) is 9.86 Å². The van der Waals surface area contributed by atoms with Crippen LogP contribution in [0.1, 0.15) is 5.56 Å².